The Hall–Kier alpha value is -5.21. The first-order chi connectivity index (χ1) is 23.7. The lowest BCUT2D eigenvalue weighted by atomic mass is 9.25. The molecule has 0 bridgehead atoms. The number of carboxylic acid groups (broad SMARTS) is 1. The van der Waals surface area contributed by atoms with Crippen LogP contribution in [-0.2, 0) is 31.9 Å². The van der Waals surface area contributed by atoms with Gasteiger partial charge in [0.05, 0.1) is 0 Å². The van der Waals surface area contributed by atoms with E-state index >= 15 is 4.79 Å². The summed E-state index contributed by atoms with van der Waals surface area (Å²) < 4.78 is 0. The van der Waals surface area contributed by atoms with Crippen molar-refractivity contribution in [3.05, 3.63) is 215 Å². The molecular weight excluding hydrogens is 597 g/mol. The average molecular weight is 641 g/mol. The van der Waals surface area contributed by atoms with Crippen molar-refractivity contribution in [1.82, 2.24) is 0 Å². The second-order valence-electron chi connectivity index (χ2n) is 14.4. The Balaban J connectivity index is 1.84. The van der Waals surface area contributed by atoms with E-state index in [4.69, 9.17) is 0 Å². The van der Waals surface area contributed by atoms with Gasteiger partial charge in [0.1, 0.15) is 5.41 Å². The van der Waals surface area contributed by atoms with Gasteiger partial charge in [-0.15, -0.1) is 0 Å². The van der Waals surface area contributed by atoms with Gasteiger partial charge < -0.3 is 5.11 Å². The lowest BCUT2D eigenvalue weighted by molar-refractivity contribution is -0.163. The molecule has 0 amide bonds. The fraction of sp³-hybridized carbons (Fsp3) is 0.213. The van der Waals surface area contributed by atoms with Gasteiger partial charge in [0.2, 0.25) is 0 Å². The summed E-state index contributed by atoms with van der Waals surface area (Å²) in [5, 5.41) is 12.5. The summed E-state index contributed by atoms with van der Waals surface area (Å²) in [5.74, 6) is -1.37. The van der Waals surface area contributed by atoms with Crippen LogP contribution in [0.1, 0.15) is 67.0 Å². The summed E-state index contributed by atoms with van der Waals surface area (Å²) in [6.07, 6.45) is 0. The molecule has 0 saturated heterocycles. The van der Waals surface area contributed by atoms with Gasteiger partial charge in [-0.3, -0.25) is 4.79 Å². The van der Waals surface area contributed by atoms with E-state index in [1.807, 2.05) is 42.5 Å². The molecule has 1 aliphatic rings. The Kier molecular flexibility index (Phi) is 7.95. The van der Waals surface area contributed by atoms with Gasteiger partial charge in [-0.1, -0.05) is 210 Å². The molecular formula is C47H44O2. The standard InChI is InChI=1S/C47H44O2/c1-43(36-25-13-6-14-26-36)41(35-23-11-5-12-24-35)47(42(48)49,40-33-21-10-22-34-40)46(4,39-31-19-9-20-32-39)45(3,38-29-17-8-18-30-38)44(43,2)37-27-15-7-16-28-37/h5-34,41H,1-4H3,(H,48,49). The minimum Gasteiger partial charge on any atom is -0.481 e. The first-order valence-corrected chi connectivity index (χ1v) is 17.3. The Labute approximate surface area is 291 Å². The maximum Gasteiger partial charge on any atom is 0.315 e. The molecule has 1 saturated carbocycles. The van der Waals surface area contributed by atoms with Crippen LogP contribution in [0.5, 0.6) is 0 Å². The third-order valence-electron chi connectivity index (χ3n) is 13.0. The monoisotopic (exact) mass is 640 g/mol. The smallest absolute Gasteiger partial charge is 0.315 e. The number of carbonyl (C=O) groups is 1. The minimum atomic E-state index is -1.47. The third kappa shape index (κ3) is 4.16. The zero-order valence-corrected chi connectivity index (χ0v) is 28.8. The van der Waals surface area contributed by atoms with Crippen LogP contribution in [0.15, 0.2) is 182 Å². The molecule has 6 atom stereocenters. The highest BCUT2D eigenvalue weighted by Crippen LogP contribution is 2.77. The van der Waals surface area contributed by atoms with Gasteiger partial charge in [0.25, 0.3) is 0 Å². The largest absolute Gasteiger partial charge is 0.481 e. The normalized spacial score (nSPS) is 29.6. The van der Waals surface area contributed by atoms with Crippen molar-refractivity contribution in [2.24, 2.45) is 0 Å². The van der Waals surface area contributed by atoms with Crippen LogP contribution in [0.3, 0.4) is 0 Å². The molecule has 1 N–H and O–H groups in total. The molecule has 1 aliphatic carbocycles. The first-order valence-electron chi connectivity index (χ1n) is 17.3. The van der Waals surface area contributed by atoms with Gasteiger partial charge >= 0.3 is 5.97 Å². The molecule has 0 heterocycles. The summed E-state index contributed by atoms with van der Waals surface area (Å²) in [6.45, 7) is 9.36. The molecule has 1 fully saturated rings. The number of hydrogen-bond donors (Lipinski definition) is 1. The Bertz CT molecular complexity index is 2030. The van der Waals surface area contributed by atoms with E-state index in [2.05, 4.69) is 167 Å². The number of hydrogen-bond acceptors (Lipinski definition) is 1. The number of carboxylic acids is 1. The Morgan fingerprint density at radius 3 is 1.10 bits per heavy atom. The molecule has 6 aromatic carbocycles. The van der Waals surface area contributed by atoms with Crippen molar-refractivity contribution < 1.29 is 9.90 Å². The Morgan fingerprint density at radius 2 is 0.714 bits per heavy atom. The molecule has 0 spiro atoms. The maximum absolute atomic E-state index is 15.2. The van der Waals surface area contributed by atoms with Crippen LogP contribution in [-0.4, -0.2) is 11.1 Å². The highest BCUT2D eigenvalue weighted by atomic mass is 16.4. The van der Waals surface area contributed by atoms with E-state index in [9.17, 15) is 5.11 Å². The molecule has 6 unspecified atom stereocenters. The van der Waals surface area contributed by atoms with E-state index < -0.39 is 39.0 Å². The van der Waals surface area contributed by atoms with Crippen molar-refractivity contribution in [3.63, 3.8) is 0 Å². The molecule has 2 heteroatoms. The summed E-state index contributed by atoms with van der Waals surface area (Å²) in [4.78, 5) is 15.2. The molecule has 2 nitrogen and oxygen atoms in total. The van der Waals surface area contributed by atoms with Crippen molar-refractivity contribution >= 4 is 5.97 Å². The SMILES string of the molecule is CC1(c2ccccc2)C(c2ccccc2)C(C(=O)O)(c2ccccc2)C(C)(c2ccccc2)C(C)(c2ccccc2)C1(C)c1ccccc1. The molecule has 0 aliphatic heterocycles. The summed E-state index contributed by atoms with van der Waals surface area (Å²) in [6, 6.07) is 63.2. The van der Waals surface area contributed by atoms with Gasteiger partial charge in [0, 0.05) is 27.6 Å². The van der Waals surface area contributed by atoms with Gasteiger partial charge in [0.15, 0.2) is 0 Å². The lowest BCUT2D eigenvalue weighted by Gasteiger charge is -2.76. The zero-order valence-electron chi connectivity index (χ0n) is 28.8. The van der Waals surface area contributed by atoms with E-state index in [-0.39, 0.29) is 0 Å². The van der Waals surface area contributed by atoms with Crippen LogP contribution in [0, 0.1) is 0 Å². The molecule has 49 heavy (non-hydrogen) atoms. The molecule has 7 rings (SSSR count). The fourth-order valence-electron chi connectivity index (χ4n) is 10.5. The van der Waals surface area contributed by atoms with Crippen molar-refractivity contribution in [3.8, 4) is 0 Å². The number of benzene rings is 6. The van der Waals surface area contributed by atoms with Crippen LogP contribution < -0.4 is 0 Å². The molecule has 6 aromatic rings. The first kappa shape index (κ1) is 32.3. The van der Waals surface area contributed by atoms with Gasteiger partial charge in [-0.2, -0.15) is 0 Å². The number of rotatable bonds is 7. The molecule has 0 radical (unpaired) electrons. The second-order valence-corrected chi connectivity index (χ2v) is 14.4. The van der Waals surface area contributed by atoms with Crippen molar-refractivity contribution in [2.45, 2.75) is 60.7 Å². The maximum atomic E-state index is 15.2. The van der Waals surface area contributed by atoms with Crippen molar-refractivity contribution in [1.29, 1.82) is 0 Å². The van der Waals surface area contributed by atoms with E-state index in [0.717, 1.165) is 27.8 Å². The van der Waals surface area contributed by atoms with Gasteiger partial charge in [-0.05, 0) is 33.4 Å². The van der Waals surface area contributed by atoms with E-state index in [1.54, 1.807) is 0 Å². The summed E-state index contributed by atoms with van der Waals surface area (Å²) in [5.41, 5.74) is 1.35. The second kappa shape index (κ2) is 12.0. The highest BCUT2D eigenvalue weighted by Gasteiger charge is 2.81. The van der Waals surface area contributed by atoms with Crippen LogP contribution in [0.2, 0.25) is 0 Å². The highest BCUT2D eigenvalue weighted by molar-refractivity contribution is 5.89. The topological polar surface area (TPSA) is 37.3 Å². The average Bonchev–Trinajstić information content (AvgIpc) is 3.17. The predicted molar refractivity (Wildman–Crippen MR) is 200 cm³/mol. The third-order valence-corrected chi connectivity index (χ3v) is 13.0. The van der Waals surface area contributed by atoms with Crippen molar-refractivity contribution in [2.75, 3.05) is 0 Å². The minimum absolute atomic E-state index is 0.532. The van der Waals surface area contributed by atoms with E-state index in [0.29, 0.717) is 0 Å². The lowest BCUT2D eigenvalue weighted by Crippen LogP contribution is -2.80. The Morgan fingerprint density at radius 1 is 0.408 bits per heavy atom. The van der Waals surface area contributed by atoms with Crippen LogP contribution >= 0.6 is 0 Å². The molecule has 0 aromatic heterocycles. The van der Waals surface area contributed by atoms with Crippen LogP contribution in [0.25, 0.3) is 0 Å². The zero-order chi connectivity index (χ0) is 34.3. The summed E-state index contributed by atoms with van der Waals surface area (Å²) in [7, 11) is 0. The molecule has 244 valence electrons. The number of aliphatic carboxylic acids is 1. The fourth-order valence-corrected chi connectivity index (χ4v) is 10.5. The summed E-state index contributed by atoms with van der Waals surface area (Å²) >= 11 is 0. The van der Waals surface area contributed by atoms with Crippen LogP contribution in [0.4, 0.5) is 0 Å². The quantitative estimate of drug-likeness (QED) is 0.189. The van der Waals surface area contributed by atoms with Gasteiger partial charge in [-0.25, -0.2) is 0 Å². The van der Waals surface area contributed by atoms with E-state index in [1.165, 1.54) is 5.56 Å². The predicted octanol–water partition coefficient (Wildman–Crippen LogP) is 10.6.